The van der Waals surface area contributed by atoms with E-state index in [1.165, 1.54) is 0 Å². The zero-order valence-corrected chi connectivity index (χ0v) is 14.0. The summed E-state index contributed by atoms with van der Waals surface area (Å²) in [5.74, 6) is 0.539. The predicted molar refractivity (Wildman–Crippen MR) is 89.6 cm³/mol. The Labute approximate surface area is 137 Å². The Balaban J connectivity index is 2.04. The second kappa shape index (κ2) is 7.84. The fraction of sp³-hybridized carbons (Fsp3) is 0.529. The smallest absolute Gasteiger partial charge is 0.321 e. The van der Waals surface area contributed by atoms with E-state index in [1.807, 2.05) is 18.7 Å². The number of hydrogen-bond donors (Lipinski definition) is 1. The predicted octanol–water partition coefficient (Wildman–Crippen LogP) is 2.51. The molecule has 23 heavy (non-hydrogen) atoms. The lowest BCUT2D eigenvalue weighted by Crippen LogP contribution is -2.37. The van der Waals surface area contributed by atoms with Crippen molar-refractivity contribution < 1.29 is 9.53 Å². The molecule has 0 aliphatic carbocycles. The van der Waals surface area contributed by atoms with Crippen molar-refractivity contribution in [1.82, 2.24) is 9.80 Å². The molecule has 1 fully saturated rings. The molecule has 2 amide bonds. The van der Waals surface area contributed by atoms with Gasteiger partial charge in [0.15, 0.2) is 0 Å². The second-order valence-corrected chi connectivity index (χ2v) is 6.06. The molecule has 0 radical (unpaired) electrons. The van der Waals surface area contributed by atoms with Crippen LogP contribution in [0.2, 0.25) is 0 Å². The van der Waals surface area contributed by atoms with E-state index in [4.69, 9.17) is 4.74 Å². The topological polar surface area (TPSA) is 68.6 Å². The van der Waals surface area contributed by atoms with Crippen LogP contribution < -0.4 is 10.1 Å². The van der Waals surface area contributed by atoms with Gasteiger partial charge in [0.2, 0.25) is 0 Å². The molecule has 0 saturated carbocycles. The number of urea groups is 1. The lowest BCUT2D eigenvalue weighted by atomic mass is 10.2. The summed E-state index contributed by atoms with van der Waals surface area (Å²) in [5, 5.41) is 12.1. The van der Waals surface area contributed by atoms with Gasteiger partial charge in [-0.2, -0.15) is 5.26 Å². The molecule has 0 unspecified atom stereocenters. The highest BCUT2D eigenvalue weighted by Gasteiger charge is 2.18. The molecule has 1 aromatic rings. The first-order chi connectivity index (χ1) is 11.0. The van der Waals surface area contributed by atoms with Crippen molar-refractivity contribution in [2.24, 2.45) is 0 Å². The summed E-state index contributed by atoms with van der Waals surface area (Å²) >= 11 is 0. The van der Waals surface area contributed by atoms with Gasteiger partial charge in [0.1, 0.15) is 11.8 Å². The van der Waals surface area contributed by atoms with E-state index in [0.717, 1.165) is 26.1 Å². The summed E-state index contributed by atoms with van der Waals surface area (Å²) in [4.78, 5) is 16.4. The molecule has 1 N–H and O–H groups in total. The van der Waals surface area contributed by atoms with Crippen molar-refractivity contribution in [3.8, 4) is 11.8 Å². The number of carbonyl (C=O) groups is 1. The number of nitrogens with zero attached hydrogens (tertiary/aromatic N) is 3. The molecule has 6 nitrogen and oxygen atoms in total. The summed E-state index contributed by atoms with van der Waals surface area (Å²) in [6.07, 6.45) is 0.964. The molecule has 1 saturated heterocycles. The van der Waals surface area contributed by atoms with Crippen molar-refractivity contribution in [2.45, 2.75) is 26.4 Å². The van der Waals surface area contributed by atoms with E-state index >= 15 is 0 Å². The van der Waals surface area contributed by atoms with Crippen LogP contribution in [-0.2, 0) is 0 Å². The first kappa shape index (κ1) is 17.1. The highest BCUT2D eigenvalue weighted by atomic mass is 16.5. The Morgan fingerprint density at radius 1 is 1.30 bits per heavy atom. The van der Waals surface area contributed by atoms with Crippen LogP contribution in [0.4, 0.5) is 10.5 Å². The Hall–Kier alpha value is -2.26. The maximum atomic E-state index is 12.4. The average molecular weight is 316 g/mol. The van der Waals surface area contributed by atoms with Gasteiger partial charge in [-0.1, -0.05) is 0 Å². The molecule has 1 aliphatic heterocycles. The molecular weight excluding hydrogens is 292 g/mol. The highest BCUT2D eigenvalue weighted by molar-refractivity contribution is 5.89. The summed E-state index contributed by atoms with van der Waals surface area (Å²) < 4.78 is 5.59. The molecule has 0 atom stereocenters. The Bertz CT molecular complexity index is 595. The van der Waals surface area contributed by atoms with E-state index in [0.29, 0.717) is 23.5 Å². The molecule has 1 aliphatic rings. The molecule has 124 valence electrons. The zero-order chi connectivity index (χ0) is 16.8. The third kappa shape index (κ3) is 4.86. The number of nitrogens with one attached hydrogen (secondary N) is 1. The molecule has 2 rings (SSSR count). The number of amides is 2. The number of anilines is 1. The van der Waals surface area contributed by atoms with Gasteiger partial charge in [-0.25, -0.2) is 4.79 Å². The second-order valence-electron chi connectivity index (χ2n) is 6.06. The van der Waals surface area contributed by atoms with E-state index in [-0.39, 0.29) is 12.1 Å². The highest BCUT2D eigenvalue weighted by Crippen LogP contribution is 2.23. The third-order valence-corrected chi connectivity index (χ3v) is 3.72. The largest absolute Gasteiger partial charge is 0.490 e. The number of ether oxygens (including phenoxy) is 1. The molecule has 6 heteroatoms. The van der Waals surface area contributed by atoms with Gasteiger partial charge < -0.3 is 19.9 Å². The first-order valence-electron chi connectivity index (χ1n) is 7.95. The van der Waals surface area contributed by atoms with Gasteiger partial charge in [-0.15, -0.1) is 0 Å². The number of likely N-dealkylation sites (N-methyl/N-ethyl adjacent to an activating group) is 1. The molecule has 0 bridgehead atoms. The molecule has 1 aromatic carbocycles. The standard InChI is InChI=1S/C17H24N4O2/c1-13(2)23-16-6-5-15(11-14(16)12-18)19-17(22)21-8-4-7-20(3)9-10-21/h5-6,11,13H,4,7-10H2,1-3H3,(H,19,22). The Kier molecular flexibility index (Phi) is 5.83. The van der Waals surface area contributed by atoms with Crippen molar-refractivity contribution in [3.05, 3.63) is 23.8 Å². The number of hydrogen-bond acceptors (Lipinski definition) is 4. The van der Waals surface area contributed by atoms with E-state index < -0.39 is 0 Å². The van der Waals surface area contributed by atoms with Crippen molar-refractivity contribution in [1.29, 1.82) is 5.26 Å². The summed E-state index contributed by atoms with van der Waals surface area (Å²) in [6.45, 7) is 7.15. The average Bonchev–Trinajstić information content (AvgIpc) is 2.73. The quantitative estimate of drug-likeness (QED) is 0.930. The maximum Gasteiger partial charge on any atom is 0.321 e. The summed E-state index contributed by atoms with van der Waals surface area (Å²) in [5.41, 5.74) is 1.03. The minimum atomic E-state index is -0.123. The first-order valence-corrected chi connectivity index (χ1v) is 7.95. The zero-order valence-electron chi connectivity index (χ0n) is 14.0. The van der Waals surface area contributed by atoms with Crippen LogP contribution in [0.1, 0.15) is 25.8 Å². The summed E-state index contributed by atoms with van der Waals surface area (Å²) in [7, 11) is 2.06. The molecule has 0 aromatic heterocycles. The third-order valence-electron chi connectivity index (χ3n) is 3.72. The number of benzene rings is 1. The minimum Gasteiger partial charge on any atom is -0.490 e. The van der Waals surface area contributed by atoms with Gasteiger partial charge in [0.25, 0.3) is 0 Å². The van der Waals surface area contributed by atoms with Crippen LogP contribution in [0.3, 0.4) is 0 Å². The number of nitriles is 1. The van der Waals surface area contributed by atoms with E-state index in [9.17, 15) is 10.1 Å². The van der Waals surface area contributed by atoms with Crippen LogP contribution in [0, 0.1) is 11.3 Å². The maximum absolute atomic E-state index is 12.4. The fourth-order valence-corrected chi connectivity index (χ4v) is 2.50. The Morgan fingerprint density at radius 2 is 2.09 bits per heavy atom. The summed E-state index contributed by atoms with van der Waals surface area (Å²) in [6, 6.07) is 7.13. The minimum absolute atomic E-state index is 0.00312. The van der Waals surface area contributed by atoms with Gasteiger partial charge in [0.05, 0.1) is 11.7 Å². The van der Waals surface area contributed by atoms with Crippen molar-refractivity contribution >= 4 is 11.7 Å². The van der Waals surface area contributed by atoms with Crippen LogP contribution >= 0.6 is 0 Å². The van der Waals surface area contributed by atoms with E-state index in [2.05, 4.69) is 23.3 Å². The number of rotatable bonds is 3. The van der Waals surface area contributed by atoms with Crippen LogP contribution in [0.5, 0.6) is 5.75 Å². The van der Waals surface area contributed by atoms with Crippen molar-refractivity contribution in [3.63, 3.8) is 0 Å². The SMILES string of the molecule is CC(C)Oc1ccc(NC(=O)N2CCCN(C)CC2)cc1C#N. The van der Waals surface area contributed by atoms with Crippen molar-refractivity contribution in [2.75, 3.05) is 38.5 Å². The monoisotopic (exact) mass is 316 g/mol. The van der Waals surface area contributed by atoms with E-state index in [1.54, 1.807) is 18.2 Å². The van der Waals surface area contributed by atoms with Gasteiger partial charge in [0, 0.05) is 25.3 Å². The van der Waals surface area contributed by atoms with Crippen LogP contribution in [-0.4, -0.2) is 55.2 Å². The van der Waals surface area contributed by atoms with Gasteiger partial charge in [-0.05, 0) is 52.1 Å². The van der Waals surface area contributed by atoms with Gasteiger partial charge in [-0.3, -0.25) is 0 Å². The molecule has 1 heterocycles. The van der Waals surface area contributed by atoms with Crippen LogP contribution in [0.25, 0.3) is 0 Å². The molecule has 0 spiro atoms. The Morgan fingerprint density at radius 3 is 2.78 bits per heavy atom. The lowest BCUT2D eigenvalue weighted by Gasteiger charge is -2.21. The fourth-order valence-electron chi connectivity index (χ4n) is 2.50. The van der Waals surface area contributed by atoms with Gasteiger partial charge >= 0.3 is 6.03 Å². The number of carbonyl (C=O) groups excluding carboxylic acids is 1. The van der Waals surface area contributed by atoms with Crippen LogP contribution in [0.15, 0.2) is 18.2 Å². The lowest BCUT2D eigenvalue weighted by molar-refractivity contribution is 0.213. The normalized spacial score (nSPS) is 15.9. The molecular formula is C17H24N4O2.